The van der Waals surface area contributed by atoms with E-state index in [1.165, 1.54) is 0 Å². The fraction of sp³-hybridized carbons (Fsp3) is 0.278. The van der Waals surface area contributed by atoms with Crippen molar-refractivity contribution in [3.05, 3.63) is 53.3 Å². The highest BCUT2D eigenvalue weighted by Crippen LogP contribution is 2.62. The molecule has 0 unspecified atom stereocenters. The van der Waals surface area contributed by atoms with Gasteiger partial charge in [-0.2, -0.15) is 27.2 Å². The largest absolute Gasteiger partial charge is 0.489 e. The summed E-state index contributed by atoms with van der Waals surface area (Å²) in [4.78, 5) is 0. The van der Waals surface area contributed by atoms with Gasteiger partial charge < -0.3 is 14.2 Å². The Morgan fingerprint density at radius 1 is 1.03 bits per heavy atom. The number of aromatic amines is 1. The molecule has 0 spiro atoms. The van der Waals surface area contributed by atoms with Crippen molar-refractivity contribution in [2.24, 2.45) is 0 Å². The fourth-order valence-electron chi connectivity index (χ4n) is 3.60. The van der Waals surface area contributed by atoms with Crippen molar-refractivity contribution in [3.8, 4) is 23.0 Å². The van der Waals surface area contributed by atoms with Crippen LogP contribution in [0.2, 0.25) is 0 Å². The minimum Gasteiger partial charge on any atom is -0.489 e. The molecule has 2 aromatic carbocycles. The standard InChI is InChI=1S/C18H11F5N4O3/c19-17(20)30-12-5-7(18(21,22)23)1-4-10(12)28-8-2-3-9-11(6-8)29-15-13(9)14(15)16-24-26-27-25-16/h1-6,13-15,17H,(H,24,25,26,27)/t13-,14-,15-/m1/s1. The molecule has 3 aromatic rings. The van der Waals surface area contributed by atoms with Gasteiger partial charge >= 0.3 is 12.8 Å². The summed E-state index contributed by atoms with van der Waals surface area (Å²) in [7, 11) is 0. The van der Waals surface area contributed by atoms with E-state index in [-0.39, 0.29) is 29.4 Å². The van der Waals surface area contributed by atoms with Gasteiger partial charge in [0.25, 0.3) is 0 Å². The maximum Gasteiger partial charge on any atom is 0.416 e. The normalized spacial score (nSPS) is 21.7. The summed E-state index contributed by atoms with van der Waals surface area (Å²) < 4.78 is 79.5. The van der Waals surface area contributed by atoms with Gasteiger partial charge in [-0.15, -0.1) is 10.2 Å². The number of hydrogen-bond donors (Lipinski definition) is 1. The molecule has 1 aromatic heterocycles. The molecular weight excluding hydrogens is 415 g/mol. The molecule has 1 aliphatic heterocycles. The van der Waals surface area contributed by atoms with E-state index in [9.17, 15) is 22.0 Å². The maximum absolute atomic E-state index is 12.9. The van der Waals surface area contributed by atoms with Crippen LogP contribution in [0.3, 0.4) is 0 Å². The van der Waals surface area contributed by atoms with Crippen LogP contribution < -0.4 is 14.2 Å². The number of H-pyrrole nitrogens is 1. The quantitative estimate of drug-likeness (QED) is 0.615. The second kappa shape index (κ2) is 6.54. The average molecular weight is 426 g/mol. The summed E-state index contributed by atoms with van der Waals surface area (Å²) >= 11 is 0. The molecule has 156 valence electrons. The molecule has 1 aliphatic carbocycles. The molecule has 12 heteroatoms. The van der Waals surface area contributed by atoms with Gasteiger partial charge in [-0.25, -0.2) is 0 Å². The van der Waals surface area contributed by atoms with Gasteiger partial charge in [0.2, 0.25) is 0 Å². The minimum atomic E-state index is -4.71. The van der Waals surface area contributed by atoms with E-state index in [1.54, 1.807) is 18.2 Å². The highest BCUT2D eigenvalue weighted by atomic mass is 19.4. The lowest BCUT2D eigenvalue weighted by Crippen LogP contribution is -2.08. The van der Waals surface area contributed by atoms with Crippen LogP contribution in [0.1, 0.15) is 28.8 Å². The Kier molecular flexibility index (Phi) is 4.05. The number of tetrazole rings is 1. The number of nitrogens with zero attached hydrogens (tertiary/aromatic N) is 3. The third-order valence-corrected chi connectivity index (χ3v) is 4.94. The lowest BCUT2D eigenvalue weighted by Gasteiger charge is -2.15. The van der Waals surface area contributed by atoms with Gasteiger partial charge in [0.1, 0.15) is 17.6 Å². The zero-order valence-corrected chi connectivity index (χ0v) is 14.7. The predicted octanol–water partition coefficient (Wildman–Crippen LogP) is 4.25. The number of hydrogen-bond acceptors (Lipinski definition) is 6. The zero-order valence-electron chi connectivity index (χ0n) is 14.7. The smallest absolute Gasteiger partial charge is 0.416 e. The number of halogens is 5. The molecule has 0 radical (unpaired) electrons. The highest BCUT2D eigenvalue weighted by Gasteiger charge is 2.61. The molecule has 7 nitrogen and oxygen atoms in total. The Labute approximate surface area is 164 Å². The molecule has 2 heterocycles. The maximum atomic E-state index is 12.9. The Hall–Kier alpha value is -3.44. The Morgan fingerprint density at radius 2 is 1.87 bits per heavy atom. The number of fused-ring (bicyclic) bond motifs is 3. The Bertz CT molecular complexity index is 1090. The lowest BCUT2D eigenvalue weighted by atomic mass is 10.1. The van der Waals surface area contributed by atoms with Gasteiger partial charge in [0, 0.05) is 17.5 Å². The number of benzene rings is 2. The molecule has 0 amide bonds. The summed E-state index contributed by atoms with van der Waals surface area (Å²) in [5.74, 6) is 0.335. The topological polar surface area (TPSA) is 82.1 Å². The monoisotopic (exact) mass is 426 g/mol. The fourth-order valence-corrected chi connectivity index (χ4v) is 3.60. The van der Waals surface area contributed by atoms with Crippen molar-refractivity contribution >= 4 is 0 Å². The van der Waals surface area contributed by atoms with Crippen LogP contribution in [0, 0.1) is 0 Å². The number of rotatable bonds is 5. The summed E-state index contributed by atoms with van der Waals surface area (Å²) in [6, 6.07) is 6.97. The lowest BCUT2D eigenvalue weighted by molar-refractivity contribution is -0.138. The molecule has 0 saturated heterocycles. The minimum absolute atomic E-state index is 0.0102. The van der Waals surface area contributed by atoms with Gasteiger partial charge in [-0.05, 0) is 24.3 Å². The Balaban J connectivity index is 1.38. The van der Waals surface area contributed by atoms with E-state index >= 15 is 0 Å². The number of nitrogens with one attached hydrogen (secondary N) is 1. The van der Waals surface area contributed by atoms with Crippen LogP contribution in [0.15, 0.2) is 36.4 Å². The third kappa shape index (κ3) is 3.17. The van der Waals surface area contributed by atoms with Crippen LogP contribution in [0.4, 0.5) is 22.0 Å². The predicted molar refractivity (Wildman–Crippen MR) is 88.7 cm³/mol. The molecule has 0 bridgehead atoms. The first-order valence-corrected chi connectivity index (χ1v) is 8.69. The van der Waals surface area contributed by atoms with Crippen molar-refractivity contribution < 1.29 is 36.2 Å². The first-order valence-electron chi connectivity index (χ1n) is 8.69. The summed E-state index contributed by atoms with van der Waals surface area (Å²) in [5, 5.41) is 13.8. The second-order valence-electron chi connectivity index (χ2n) is 6.74. The van der Waals surface area contributed by atoms with Gasteiger partial charge in [-0.3, -0.25) is 0 Å². The van der Waals surface area contributed by atoms with Crippen LogP contribution in [0.25, 0.3) is 0 Å². The van der Waals surface area contributed by atoms with Crippen LogP contribution in [0.5, 0.6) is 23.0 Å². The average Bonchev–Trinajstić information content (AvgIpc) is 3.05. The molecule has 1 saturated carbocycles. The van der Waals surface area contributed by atoms with Crippen molar-refractivity contribution in [3.63, 3.8) is 0 Å². The molecule has 3 atom stereocenters. The molecule has 2 aliphatic rings. The van der Waals surface area contributed by atoms with E-state index in [2.05, 4.69) is 25.4 Å². The van der Waals surface area contributed by atoms with Crippen molar-refractivity contribution in [1.29, 1.82) is 0 Å². The van der Waals surface area contributed by atoms with E-state index in [4.69, 9.17) is 9.47 Å². The summed E-state index contributed by atoms with van der Waals surface area (Å²) in [6.07, 6.45) is -4.85. The van der Waals surface area contributed by atoms with Gasteiger partial charge in [0.05, 0.1) is 11.5 Å². The SMILES string of the molecule is FC(F)Oc1cc(C(F)(F)F)ccc1Oc1ccc2c(c1)O[C@H]1[C@H](c3nn[nH]n3)[C@@H]21. The first kappa shape index (κ1) is 18.6. The summed E-state index contributed by atoms with van der Waals surface area (Å²) in [5.41, 5.74) is -0.228. The second-order valence-corrected chi connectivity index (χ2v) is 6.74. The molecular formula is C18H11F5N4O3. The first-order chi connectivity index (χ1) is 14.3. The summed E-state index contributed by atoms with van der Waals surface area (Å²) in [6.45, 7) is -3.31. The third-order valence-electron chi connectivity index (χ3n) is 4.94. The van der Waals surface area contributed by atoms with E-state index in [1.807, 2.05) is 0 Å². The van der Waals surface area contributed by atoms with Crippen molar-refractivity contribution in [1.82, 2.24) is 20.6 Å². The van der Waals surface area contributed by atoms with Crippen molar-refractivity contribution in [2.75, 3.05) is 0 Å². The van der Waals surface area contributed by atoms with E-state index in [0.29, 0.717) is 17.6 Å². The molecule has 5 rings (SSSR count). The Morgan fingerprint density at radius 3 is 2.57 bits per heavy atom. The van der Waals surface area contributed by atoms with Gasteiger partial charge in [0.15, 0.2) is 17.3 Å². The van der Waals surface area contributed by atoms with Crippen LogP contribution in [-0.2, 0) is 6.18 Å². The van der Waals surface area contributed by atoms with E-state index < -0.39 is 24.1 Å². The number of alkyl halides is 5. The molecule has 30 heavy (non-hydrogen) atoms. The highest BCUT2D eigenvalue weighted by molar-refractivity contribution is 5.55. The number of aromatic nitrogens is 4. The molecule has 1 fully saturated rings. The number of ether oxygens (including phenoxy) is 3. The van der Waals surface area contributed by atoms with E-state index in [0.717, 1.165) is 17.7 Å². The van der Waals surface area contributed by atoms with Crippen LogP contribution >= 0.6 is 0 Å². The van der Waals surface area contributed by atoms with Crippen molar-refractivity contribution in [2.45, 2.75) is 30.7 Å². The van der Waals surface area contributed by atoms with Gasteiger partial charge in [-0.1, -0.05) is 11.3 Å². The zero-order chi connectivity index (χ0) is 21.0. The van der Waals surface area contributed by atoms with Crippen LogP contribution in [-0.4, -0.2) is 33.3 Å². The molecule has 1 N–H and O–H groups in total.